The number of nitrogens with zero attached hydrogens (tertiary/aromatic N) is 1. The lowest BCUT2D eigenvalue weighted by Crippen LogP contribution is -2.51. The minimum Gasteiger partial charge on any atom is -0.482 e. The number of ether oxygens (including phenoxy) is 1. The summed E-state index contributed by atoms with van der Waals surface area (Å²) >= 11 is 12.1. The summed E-state index contributed by atoms with van der Waals surface area (Å²) in [6, 6.07) is 13.6. The van der Waals surface area contributed by atoms with E-state index >= 15 is 0 Å². The number of benzene rings is 2. The molecule has 0 saturated carbocycles. The Morgan fingerprint density at radius 2 is 1.70 bits per heavy atom. The highest BCUT2D eigenvalue weighted by Crippen LogP contribution is 2.23. The van der Waals surface area contributed by atoms with Crippen LogP contribution in [-0.4, -0.2) is 35.4 Å². The number of rotatable bonds is 10. The first-order valence-electron chi connectivity index (χ1n) is 10.1. The van der Waals surface area contributed by atoms with Gasteiger partial charge in [0.2, 0.25) is 5.91 Å². The number of halogens is 2. The molecule has 2 atom stereocenters. The molecule has 0 aliphatic rings. The molecule has 2 aromatic rings. The summed E-state index contributed by atoms with van der Waals surface area (Å²) in [7, 11) is 0. The Morgan fingerprint density at radius 1 is 1.03 bits per heavy atom. The Morgan fingerprint density at radius 3 is 2.30 bits per heavy atom. The molecule has 162 valence electrons. The number of para-hydroxylation sites is 1. The minimum atomic E-state index is -0.614. The minimum absolute atomic E-state index is 0.0263. The number of amides is 2. The van der Waals surface area contributed by atoms with Crippen LogP contribution in [0.25, 0.3) is 0 Å². The normalized spacial score (nSPS) is 12.7. The molecule has 0 heterocycles. The van der Waals surface area contributed by atoms with Crippen LogP contribution in [0.2, 0.25) is 10.0 Å². The summed E-state index contributed by atoms with van der Waals surface area (Å²) in [4.78, 5) is 27.5. The lowest BCUT2D eigenvalue weighted by molar-refractivity contribution is -0.143. The van der Waals surface area contributed by atoms with Crippen molar-refractivity contribution >= 4 is 35.0 Å². The number of carbonyl (C=O) groups is 2. The summed E-state index contributed by atoms with van der Waals surface area (Å²) in [6.45, 7) is 5.88. The van der Waals surface area contributed by atoms with Crippen molar-refractivity contribution in [1.29, 1.82) is 0 Å². The molecule has 5 nitrogen and oxygen atoms in total. The average Bonchev–Trinajstić information content (AvgIpc) is 2.74. The van der Waals surface area contributed by atoms with Crippen LogP contribution in [0.4, 0.5) is 0 Å². The standard InChI is InChI=1S/C23H28Cl2N2O3/c1-4-16(3)26-23(29)20(5-2)27(14-17-10-12-18(24)13-11-17)22(28)15-30-21-9-7-6-8-19(21)25/h6-13,16,20H,4-5,14-15H2,1-3H3,(H,26,29)/t16-,20+/m0/s1. The van der Waals surface area contributed by atoms with Crippen LogP contribution in [0.1, 0.15) is 39.2 Å². The summed E-state index contributed by atoms with van der Waals surface area (Å²) in [5.41, 5.74) is 0.875. The maximum Gasteiger partial charge on any atom is 0.261 e. The Kier molecular flexibility index (Phi) is 9.47. The van der Waals surface area contributed by atoms with Crippen LogP contribution < -0.4 is 10.1 Å². The monoisotopic (exact) mass is 450 g/mol. The molecule has 0 unspecified atom stereocenters. The molecule has 1 N–H and O–H groups in total. The second kappa shape index (κ2) is 11.8. The van der Waals surface area contributed by atoms with E-state index in [-0.39, 0.29) is 31.0 Å². The van der Waals surface area contributed by atoms with Crippen LogP contribution in [0.5, 0.6) is 5.75 Å². The number of carbonyl (C=O) groups excluding carboxylic acids is 2. The van der Waals surface area contributed by atoms with E-state index in [9.17, 15) is 9.59 Å². The molecule has 0 radical (unpaired) electrons. The maximum atomic E-state index is 13.1. The number of hydrogen-bond acceptors (Lipinski definition) is 3. The van der Waals surface area contributed by atoms with Crippen molar-refractivity contribution in [1.82, 2.24) is 10.2 Å². The predicted octanol–water partition coefficient (Wildman–Crippen LogP) is 5.09. The van der Waals surface area contributed by atoms with Gasteiger partial charge in [-0.3, -0.25) is 9.59 Å². The Bertz CT molecular complexity index is 843. The van der Waals surface area contributed by atoms with Gasteiger partial charge in [-0.15, -0.1) is 0 Å². The van der Waals surface area contributed by atoms with Crippen molar-refractivity contribution in [2.45, 2.75) is 52.2 Å². The van der Waals surface area contributed by atoms with Crippen molar-refractivity contribution in [3.63, 3.8) is 0 Å². The highest BCUT2D eigenvalue weighted by atomic mass is 35.5. The number of hydrogen-bond donors (Lipinski definition) is 1. The molecule has 0 aliphatic heterocycles. The first kappa shape index (κ1) is 24.0. The first-order valence-corrected chi connectivity index (χ1v) is 10.8. The van der Waals surface area contributed by atoms with Gasteiger partial charge in [0, 0.05) is 17.6 Å². The molecule has 0 spiro atoms. The van der Waals surface area contributed by atoms with Crippen molar-refractivity contribution in [2.24, 2.45) is 0 Å². The van der Waals surface area contributed by atoms with Gasteiger partial charge in [-0.1, -0.05) is 61.3 Å². The summed E-state index contributed by atoms with van der Waals surface area (Å²) < 4.78 is 5.64. The second-order valence-electron chi connectivity index (χ2n) is 7.11. The average molecular weight is 451 g/mol. The van der Waals surface area contributed by atoms with Gasteiger partial charge in [0.1, 0.15) is 11.8 Å². The van der Waals surface area contributed by atoms with Gasteiger partial charge in [0.05, 0.1) is 5.02 Å². The summed E-state index contributed by atoms with van der Waals surface area (Å²) in [6.07, 6.45) is 1.29. The van der Waals surface area contributed by atoms with Crippen molar-refractivity contribution in [2.75, 3.05) is 6.61 Å². The molecule has 0 saturated heterocycles. The Hall–Kier alpha value is -2.24. The smallest absolute Gasteiger partial charge is 0.261 e. The SMILES string of the molecule is CC[C@H](C(=O)N[C@@H](C)CC)N(Cc1ccc(Cl)cc1)C(=O)COc1ccccc1Cl. The lowest BCUT2D eigenvalue weighted by atomic mass is 10.1. The van der Waals surface area contributed by atoms with Gasteiger partial charge < -0.3 is 15.0 Å². The van der Waals surface area contributed by atoms with Crippen LogP contribution in [0.15, 0.2) is 48.5 Å². The molecule has 0 bridgehead atoms. The van der Waals surface area contributed by atoms with Gasteiger partial charge >= 0.3 is 0 Å². The third-order valence-electron chi connectivity index (χ3n) is 4.84. The maximum absolute atomic E-state index is 13.1. The van der Waals surface area contributed by atoms with Gasteiger partial charge in [-0.2, -0.15) is 0 Å². The van der Waals surface area contributed by atoms with E-state index in [2.05, 4.69) is 5.32 Å². The summed E-state index contributed by atoms with van der Waals surface area (Å²) in [5, 5.41) is 4.02. The molecular weight excluding hydrogens is 423 g/mol. The fraction of sp³-hybridized carbons (Fsp3) is 0.391. The van der Waals surface area contributed by atoms with Gasteiger partial charge in [0.15, 0.2) is 6.61 Å². The van der Waals surface area contributed by atoms with E-state index in [1.807, 2.05) is 32.9 Å². The Balaban J connectivity index is 2.21. The zero-order valence-corrected chi connectivity index (χ0v) is 19.0. The third kappa shape index (κ3) is 6.92. The predicted molar refractivity (Wildman–Crippen MR) is 121 cm³/mol. The molecule has 30 heavy (non-hydrogen) atoms. The zero-order valence-electron chi connectivity index (χ0n) is 17.5. The largest absolute Gasteiger partial charge is 0.482 e. The molecule has 0 aromatic heterocycles. The highest BCUT2D eigenvalue weighted by Gasteiger charge is 2.29. The van der Waals surface area contributed by atoms with Crippen LogP contribution in [0.3, 0.4) is 0 Å². The van der Waals surface area contributed by atoms with E-state index < -0.39 is 6.04 Å². The first-order chi connectivity index (χ1) is 14.3. The van der Waals surface area contributed by atoms with Gasteiger partial charge in [-0.05, 0) is 49.6 Å². The molecule has 0 aliphatic carbocycles. The molecular formula is C23H28Cl2N2O3. The third-order valence-corrected chi connectivity index (χ3v) is 5.41. The fourth-order valence-corrected chi connectivity index (χ4v) is 3.25. The van der Waals surface area contributed by atoms with E-state index in [0.29, 0.717) is 22.2 Å². The van der Waals surface area contributed by atoms with E-state index in [4.69, 9.17) is 27.9 Å². The van der Waals surface area contributed by atoms with Crippen LogP contribution in [-0.2, 0) is 16.1 Å². The second-order valence-corrected chi connectivity index (χ2v) is 7.95. The molecule has 2 aromatic carbocycles. The zero-order chi connectivity index (χ0) is 22.1. The molecule has 0 fully saturated rings. The number of nitrogens with one attached hydrogen (secondary N) is 1. The van der Waals surface area contributed by atoms with Crippen LogP contribution in [0, 0.1) is 0 Å². The lowest BCUT2D eigenvalue weighted by Gasteiger charge is -2.31. The Labute approximate surface area is 188 Å². The van der Waals surface area contributed by atoms with Crippen molar-refractivity contribution in [3.8, 4) is 5.75 Å². The molecule has 2 rings (SSSR count). The molecule has 2 amide bonds. The van der Waals surface area contributed by atoms with Gasteiger partial charge in [0.25, 0.3) is 5.91 Å². The van der Waals surface area contributed by atoms with E-state index in [1.54, 1.807) is 41.3 Å². The summed E-state index contributed by atoms with van der Waals surface area (Å²) in [5.74, 6) is -0.0426. The van der Waals surface area contributed by atoms with Crippen molar-refractivity contribution in [3.05, 3.63) is 64.1 Å². The van der Waals surface area contributed by atoms with Gasteiger partial charge in [-0.25, -0.2) is 0 Å². The molecule has 7 heteroatoms. The van der Waals surface area contributed by atoms with E-state index in [1.165, 1.54) is 0 Å². The van der Waals surface area contributed by atoms with E-state index in [0.717, 1.165) is 12.0 Å². The van der Waals surface area contributed by atoms with Crippen LogP contribution >= 0.6 is 23.2 Å². The quantitative estimate of drug-likeness (QED) is 0.547. The highest BCUT2D eigenvalue weighted by molar-refractivity contribution is 6.32. The van der Waals surface area contributed by atoms with Crippen molar-refractivity contribution < 1.29 is 14.3 Å². The fourth-order valence-electron chi connectivity index (χ4n) is 2.93. The topological polar surface area (TPSA) is 58.6 Å².